The van der Waals surface area contributed by atoms with Crippen LogP contribution in [-0.4, -0.2) is 37.1 Å². The van der Waals surface area contributed by atoms with E-state index in [9.17, 15) is 9.59 Å². The fraction of sp³-hybridized carbons (Fsp3) is 0.200. The maximum absolute atomic E-state index is 12.4. The third kappa shape index (κ3) is 4.49. The van der Waals surface area contributed by atoms with Gasteiger partial charge in [0.1, 0.15) is 5.69 Å². The summed E-state index contributed by atoms with van der Waals surface area (Å²) in [5.74, 6) is -0.261. The van der Waals surface area contributed by atoms with Crippen molar-refractivity contribution in [1.29, 1.82) is 0 Å². The molecule has 3 aromatic rings. The minimum absolute atomic E-state index is 0.0584. The van der Waals surface area contributed by atoms with Gasteiger partial charge in [-0.2, -0.15) is 0 Å². The number of para-hydroxylation sites is 1. The predicted molar refractivity (Wildman–Crippen MR) is 101 cm³/mol. The molecule has 0 aliphatic rings. The molecule has 1 aromatic heterocycles. The Labute approximate surface area is 151 Å². The summed E-state index contributed by atoms with van der Waals surface area (Å²) in [6.07, 6.45) is 0.292. The zero-order valence-electron chi connectivity index (χ0n) is 14.5. The number of aromatic nitrogens is 1. The van der Waals surface area contributed by atoms with Crippen molar-refractivity contribution in [3.05, 3.63) is 65.9 Å². The number of nitrogens with one attached hydrogen (secondary N) is 3. The van der Waals surface area contributed by atoms with Crippen LogP contribution >= 0.6 is 0 Å². The summed E-state index contributed by atoms with van der Waals surface area (Å²) in [6.45, 7) is 0.985. The van der Waals surface area contributed by atoms with Crippen LogP contribution in [0.3, 0.4) is 0 Å². The van der Waals surface area contributed by atoms with Crippen LogP contribution < -0.4 is 10.6 Å². The molecule has 0 saturated carbocycles. The number of fused-ring (bicyclic) bond motifs is 1. The molecule has 6 heteroatoms. The maximum Gasteiger partial charge on any atom is 0.272 e. The van der Waals surface area contributed by atoms with Gasteiger partial charge in [0.15, 0.2) is 0 Å². The number of anilines is 1. The van der Waals surface area contributed by atoms with E-state index < -0.39 is 0 Å². The number of H-pyrrole nitrogens is 1. The third-order valence-electron chi connectivity index (χ3n) is 3.98. The standard InChI is InChI=1S/C20H21N3O3/c1-26-11-10-21-19(24)12-14-6-8-16(9-7-14)22-20(25)18-13-15-4-2-3-5-17(15)23-18/h2-9,13,23H,10-12H2,1H3,(H,21,24)(H,22,25). The summed E-state index contributed by atoms with van der Waals surface area (Å²) in [7, 11) is 1.59. The van der Waals surface area contributed by atoms with Crippen LogP contribution in [0.15, 0.2) is 54.6 Å². The first-order chi connectivity index (χ1) is 12.7. The van der Waals surface area contributed by atoms with Crippen LogP contribution in [0.4, 0.5) is 5.69 Å². The number of rotatable bonds is 7. The second-order valence-corrected chi connectivity index (χ2v) is 5.94. The molecule has 0 spiro atoms. The normalized spacial score (nSPS) is 10.7. The van der Waals surface area contributed by atoms with Crippen LogP contribution in [0.2, 0.25) is 0 Å². The Morgan fingerprint density at radius 3 is 2.58 bits per heavy atom. The van der Waals surface area contributed by atoms with Gasteiger partial charge in [-0.25, -0.2) is 0 Å². The van der Waals surface area contributed by atoms with Crippen molar-refractivity contribution in [2.24, 2.45) is 0 Å². The number of ether oxygens (including phenoxy) is 1. The Morgan fingerprint density at radius 2 is 1.85 bits per heavy atom. The van der Waals surface area contributed by atoms with E-state index in [1.54, 1.807) is 19.2 Å². The van der Waals surface area contributed by atoms with E-state index in [2.05, 4.69) is 15.6 Å². The molecule has 0 radical (unpaired) electrons. The maximum atomic E-state index is 12.4. The second-order valence-electron chi connectivity index (χ2n) is 5.94. The number of hydrogen-bond donors (Lipinski definition) is 3. The highest BCUT2D eigenvalue weighted by atomic mass is 16.5. The van der Waals surface area contributed by atoms with Crippen LogP contribution in [0, 0.1) is 0 Å². The molecular formula is C20H21N3O3. The van der Waals surface area contributed by atoms with Gasteiger partial charge in [0, 0.05) is 30.2 Å². The molecule has 0 atom stereocenters. The van der Waals surface area contributed by atoms with Crippen molar-refractivity contribution in [2.75, 3.05) is 25.6 Å². The zero-order chi connectivity index (χ0) is 18.4. The molecule has 134 valence electrons. The smallest absolute Gasteiger partial charge is 0.272 e. The first-order valence-corrected chi connectivity index (χ1v) is 8.39. The van der Waals surface area contributed by atoms with Gasteiger partial charge in [0.05, 0.1) is 13.0 Å². The molecule has 1 heterocycles. The number of benzene rings is 2. The van der Waals surface area contributed by atoms with Crippen molar-refractivity contribution in [2.45, 2.75) is 6.42 Å². The summed E-state index contributed by atoms with van der Waals surface area (Å²) >= 11 is 0. The van der Waals surface area contributed by atoms with Crippen molar-refractivity contribution in [1.82, 2.24) is 10.3 Å². The molecule has 26 heavy (non-hydrogen) atoms. The SMILES string of the molecule is COCCNC(=O)Cc1ccc(NC(=O)c2cc3ccccc3[nH]2)cc1. The number of aromatic amines is 1. The fourth-order valence-corrected chi connectivity index (χ4v) is 2.64. The summed E-state index contributed by atoms with van der Waals surface area (Å²) in [5, 5.41) is 6.62. The van der Waals surface area contributed by atoms with Crippen molar-refractivity contribution >= 4 is 28.4 Å². The summed E-state index contributed by atoms with van der Waals surface area (Å²) in [6, 6.07) is 16.8. The van der Waals surface area contributed by atoms with Crippen molar-refractivity contribution in [3.63, 3.8) is 0 Å². The first kappa shape index (κ1) is 17.7. The van der Waals surface area contributed by atoms with Crippen molar-refractivity contribution in [3.8, 4) is 0 Å². The number of methoxy groups -OCH3 is 1. The highest BCUT2D eigenvalue weighted by Crippen LogP contribution is 2.16. The molecule has 3 N–H and O–H groups in total. The minimum Gasteiger partial charge on any atom is -0.383 e. The lowest BCUT2D eigenvalue weighted by atomic mass is 10.1. The fourth-order valence-electron chi connectivity index (χ4n) is 2.64. The molecule has 0 fully saturated rings. The molecule has 6 nitrogen and oxygen atoms in total. The van der Waals surface area contributed by atoms with Gasteiger partial charge in [-0.1, -0.05) is 30.3 Å². The molecule has 3 rings (SSSR count). The number of amides is 2. The van der Waals surface area contributed by atoms with Gasteiger partial charge in [-0.3, -0.25) is 9.59 Å². The van der Waals surface area contributed by atoms with Gasteiger partial charge in [0.25, 0.3) is 5.91 Å². The first-order valence-electron chi connectivity index (χ1n) is 8.39. The average molecular weight is 351 g/mol. The van der Waals surface area contributed by atoms with E-state index in [-0.39, 0.29) is 11.8 Å². The van der Waals surface area contributed by atoms with Crippen LogP contribution in [-0.2, 0) is 16.0 Å². The van der Waals surface area contributed by atoms with Crippen molar-refractivity contribution < 1.29 is 14.3 Å². The van der Waals surface area contributed by atoms with Gasteiger partial charge >= 0.3 is 0 Å². The molecule has 0 aliphatic carbocycles. The Morgan fingerprint density at radius 1 is 1.08 bits per heavy atom. The van der Waals surface area contributed by atoms with Crippen LogP contribution in [0.25, 0.3) is 10.9 Å². The average Bonchev–Trinajstić information content (AvgIpc) is 3.08. The lowest BCUT2D eigenvalue weighted by Gasteiger charge is -2.07. The van der Waals surface area contributed by atoms with E-state index in [0.29, 0.717) is 31.0 Å². The van der Waals surface area contributed by atoms with E-state index in [1.165, 1.54) is 0 Å². The summed E-state index contributed by atoms with van der Waals surface area (Å²) < 4.78 is 4.89. The lowest BCUT2D eigenvalue weighted by Crippen LogP contribution is -2.28. The Bertz CT molecular complexity index is 867. The van der Waals surface area contributed by atoms with Gasteiger partial charge in [-0.15, -0.1) is 0 Å². The predicted octanol–water partition coefficient (Wildman–Crippen LogP) is 2.73. The Hall–Kier alpha value is -3.12. The second kappa shape index (κ2) is 8.31. The molecule has 2 aromatic carbocycles. The van der Waals surface area contributed by atoms with E-state index in [0.717, 1.165) is 16.5 Å². The molecule has 2 amide bonds. The lowest BCUT2D eigenvalue weighted by molar-refractivity contribution is -0.120. The molecular weight excluding hydrogens is 330 g/mol. The van der Waals surface area contributed by atoms with E-state index in [1.807, 2.05) is 42.5 Å². The summed E-state index contributed by atoms with van der Waals surface area (Å²) in [5.41, 5.74) is 2.99. The highest BCUT2D eigenvalue weighted by Gasteiger charge is 2.10. The Balaban J connectivity index is 1.58. The molecule has 0 aliphatic heterocycles. The Kier molecular flexibility index (Phi) is 5.66. The minimum atomic E-state index is -0.203. The van der Waals surface area contributed by atoms with Crippen LogP contribution in [0.5, 0.6) is 0 Å². The molecule has 0 unspecified atom stereocenters. The van der Waals surface area contributed by atoms with Gasteiger partial charge in [-0.05, 0) is 29.8 Å². The number of carbonyl (C=O) groups is 2. The molecule has 0 bridgehead atoms. The van der Waals surface area contributed by atoms with Crippen LogP contribution in [0.1, 0.15) is 16.1 Å². The zero-order valence-corrected chi connectivity index (χ0v) is 14.5. The topological polar surface area (TPSA) is 83.2 Å². The highest BCUT2D eigenvalue weighted by molar-refractivity contribution is 6.05. The quantitative estimate of drug-likeness (QED) is 0.572. The van der Waals surface area contributed by atoms with E-state index in [4.69, 9.17) is 4.74 Å². The van der Waals surface area contributed by atoms with E-state index >= 15 is 0 Å². The third-order valence-corrected chi connectivity index (χ3v) is 3.98. The number of carbonyl (C=O) groups excluding carboxylic acids is 2. The largest absolute Gasteiger partial charge is 0.383 e. The summed E-state index contributed by atoms with van der Waals surface area (Å²) in [4.78, 5) is 27.3. The van der Waals surface area contributed by atoms with Gasteiger partial charge < -0.3 is 20.4 Å². The monoisotopic (exact) mass is 351 g/mol. The number of hydrogen-bond acceptors (Lipinski definition) is 3. The van der Waals surface area contributed by atoms with Gasteiger partial charge in [0.2, 0.25) is 5.91 Å². The molecule has 0 saturated heterocycles.